The molecule has 0 saturated carbocycles. The standard InChI is InChI=1S/C15H18N4O2/c1-11-5-3-7-16-14(11)17-8-9-18-15(21)13(20)12-6-4-10-19(12)2/h3-7,10H,8-9H2,1-2H3,(H,16,17)(H,18,21). The summed E-state index contributed by atoms with van der Waals surface area (Å²) in [5.74, 6) is -0.353. The van der Waals surface area contributed by atoms with Gasteiger partial charge in [0, 0.05) is 32.5 Å². The highest BCUT2D eigenvalue weighted by Crippen LogP contribution is 2.07. The van der Waals surface area contributed by atoms with Crippen molar-refractivity contribution in [1.29, 1.82) is 0 Å². The third kappa shape index (κ3) is 3.68. The maximum atomic E-state index is 11.9. The van der Waals surface area contributed by atoms with Gasteiger partial charge in [0.2, 0.25) is 0 Å². The van der Waals surface area contributed by atoms with Crippen molar-refractivity contribution in [2.45, 2.75) is 6.92 Å². The molecule has 2 aromatic heterocycles. The maximum absolute atomic E-state index is 11.9. The van der Waals surface area contributed by atoms with Crippen molar-refractivity contribution in [2.24, 2.45) is 7.05 Å². The van der Waals surface area contributed by atoms with Crippen molar-refractivity contribution < 1.29 is 9.59 Å². The lowest BCUT2D eigenvalue weighted by atomic mass is 10.2. The second-order valence-corrected chi connectivity index (χ2v) is 4.69. The van der Waals surface area contributed by atoms with E-state index in [9.17, 15) is 9.59 Å². The Balaban J connectivity index is 1.79. The van der Waals surface area contributed by atoms with Crippen LogP contribution in [0.25, 0.3) is 0 Å². The fraction of sp³-hybridized carbons (Fsp3) is 0.267. The van der Waals surface area contributed by atoms with E-state index in [4.69, 9.17) is 0 Å². The van der Waals surface area contributed by atoms with Gasteiger partial charge < -0.3 is 15.2 Å². The molecule has 110 valence electrons. The predicted octanol–water partition coefficient (Wildman–Crippen LogP) is 1.14. The van der Waals surface area contributed by atoms with Crippen LogP contribution in [0.5, 0.6) is 0 Å². The lowest BCUT2D eigenvalue weighted by Gasteiger charge is -2.09. The smallest absolute Gasteiger partial charge is 0.294 e. The molecule has 1 amide bonds. The Labute approximate surface area is 123 Å². The first-order valence-electron chi connectivity index (χ1n) is 6.69. The van der Waals surface area contributed by atoms with Crippen molar-refractivity contribution >= 4 is 17.5 Å². The monoisotopic (exact) mass is 286 g/mol. The second-order valence-electron chi connectivity index (χ2n) is 4.69. The number of aryl methyl sites for hydroxylation is 2. The zero-order valence-electron chi connectivity index (χ0n) is 12.1. The summed E-state index contributed by atoms with van der Waals surface area (Å²) in [4.78, 5) is 27.8. The summed E-state index contributed by atoms with van der Waals surface area (Å²) in [5.41, 5.74) is 1.41. The zero-order valence-corrected chi connectivity index (χ0v) is 12.1. The van der Waals surface area contributed by atoms with Crippen molar-refractivity contribution in [2.75, 3.05) is 18.4 Å². The van der Waals surface area contributed by atoms with Crippen LogP contribution in [0.15, 0.2) is 36.7 Å². The average Bonchev–Trinajstić information content (AvgIpc) is 2.90. The Morgan fingerprint density at radius 3 is 2.71 bits per heavy atom. The third-order valence-corrected chi connectivity index (χ3v) is 3.10. The minimum atomic E-state index is -0.601. The number of hydrogen-bond donors (Lipinski definition) is 2. The molecule has 0 bridgehead atoms. The Hall–Kier alpha value is -2.63. The summed E-state index contributed by atoms with van der Waals surface area (Å²) in [6, 6.07) is 7.16. The van der Waals surface area contributed by atoms with E-state index in [1.807, 2.05) is 19.1 Å². The number of ketones is 1. The van der Waals surface area contributed by atoms with Gasteiger partial charge in [-0.25, -0.2) is 4.98 Å². The molecule has 0 radical (unpaired) electrons. The minimum absolute atomic E-state index is 0.352. The van der Waals surface area contributed by atoms with E-state index < -0.39 is 11.7 Å². The number of anilines is 1. The molecule has 6 nitrogen and oxygen atoms in total. The molecule has 0 aliphatic heterocycles. The first kappa shape index (κ1) is 14.8. The van der Waals surface area contributed by atoms with Gasteiger partial charge in [-0.15, -0.1) is 0 Å². The minimum Gasteiger partial charge on any atom is -0.368 e. The number of carbonyl (C=O) groups excluding carboxylic acids is 2. The van der Waals surface area contributed by atoms with Crippen LogP contribution in [0.4, 0.5) is 5.82 Å². The molecule has 2 heterocycles. The van der Waals surface area contributed by atoms with Gasteiger partial charge in [0.1, 0.15) is 5.82 Å². The highest BCUT2D eigenvalue weighted by Gasteiger charge is 2.17. The fourth-order valence-electron chi connectivity index (χ4n) is 1.92. The van der Waals surface area contributed by atoms with Gasteiger partial charge >= 0.3 is 0 Å². The number of pyridine rings is 1. The maximum Gasteiger partial charge on any atom is 0.294 e. The summed E-state index contributed by atoms with van der Waals surface area (Å²) < 4.78 is 1.62. The Morgan fingerprint density at radius 1 is 1.24 bits per heavy atom. The molecule has 21 heavy (non-hydrogen) atoms. The van der Waals surface area contributed by atoms with E-state index in [0.29, 0.717) is 18.8 Å². The van der Waals surface area contributed by atoms with Crippen molar-refractivity contribution in [3.63, 3.8) is 0 Å². The van der Waals surface area contributed by atoms with Gasteiger partial charge in [0.15, 0.2) is 0 Å². The van der Waals surface area contributed by atoms with Crippen LogP contribution in [-0.2, 0) is 11.8 Å². The van der Waals surface area contributed by atoms with Gasteiger partial charge in [0.05, 0.1) is 5.69 Å². The van der Waals surface area contributed by atoms with Crippen molar-refractivity contribution in [3.05, 3.63) is 47.9 Å². The van der Waals surface area contributed by atoms with Gasteiger partial charge in [-0.05, 0) is 30.7 Å². The number of nitrogens with one attached hydrogen (secondary N) is 2. The molecular weight excluding hydrogens is 268 g/mol. The summed E-state index contributed by atoms with van der Waals surface area (Å²) in [6.45, 7) is 2.81. The van der Waals surface area contributed by atoms with Gasteiger partial charge in [-0.3, -0.25) is 9.59 Å². The number of rotatable bonds is 6. The first-order chi connectivity index (χ1) is 10.1. The van der Waals surface area contributed by atoms with Crippen LogP contribution in [0.3, 0.4) is 0 Å². The molecule has 0 aliphatic carbocycles. The van der Waals surface area contributed by atoms with Crippen LogP contribution in [0, 0.1) is 6.92 Å². The number of amides is 1. The molecule has 0 aromatic carbocycles. The van der Waals surface area contributed by atoms with Crippen molar-refractivity contribution in [1.82, 2.24) is 14.9 Å². The predicted molar refractivity (Wildman–Crippen MR) is 80.2 cm³/mol. The van der Waals surface area contributed by atoms with Crippen LogP contribution >= 0.6 is 0 Å². The molecule has 2 aromatic rings. The average molecular weight is 286 g/mol. The number of nitrogens with zero attached hydrogens (tertiary/aromatic N) is 2. The summed E-state index contributed by atoms with van der Waals surface area (Å²) in [6.07, 6.45) is 3.43. The van der Waals surface area contributed by atoms with E-state index in [1.54, 1.807) is 36.1 Å². The van der Waals surface area contributed by atoms with Crippen molar-refractivity contribution in [3.8, 4) is 0 Å². The SMILES string of the molecule is Cc1cccnc1NCCNC(=O)C(=O)c1cccn1C. The fourth-order valence-corrected chi connectivity index (χ4v) is 1.92. The Bertz CT molecular complexity index is 649. The Morgan fingerprint density at radius 2 is 2.05 bits per heavy atom. The molecule has 0 spiro atoms. The largest absolute Gasteiger partial charge is 0.368 e. The lowest BCUT2D eigenvalue weighted by molar-refractivity contribution is -0.116. The highest BCUT2D eigenvalue weighted by molar-refractivity contribution is 6.42. The van der Waals surface area contributed by atoms with E-state index in [-0.39, 0.29) is 0 Å². The molecule has 0 saturated heterocycles. The number of aromatic nitrogens is 2. The number of carbonyl (C=O) groups is 2. The van der Waals surface area contributed by atoms with Gasteiger partial charge in [-0.2, -0.15) is 0 Å². The zero-order chi connectivity index (χ0) is 15.2. The molecular formula is C15H18N4O2. The van der Waals surface area contributed by atoms with Gasteiger partial charge in [-0.1, -0.05) is 6.07 Å². The third-order valence-electron chi connectivity index (χ3n) is 3.10. The van der Waals surface area contributed by atoms with Gasteiger partial charge in [0.25, 0.3) is 11.7 Å². The van der Waals surface area contributed by atoms with E-state index in [1.165, 1.54) is 0 Å². The topological polar surface area (TPSA) is 76.0 Å². The number of Topliss-reactive ketones (excluding diaryl/α,β-unsaturated/α-hetero) is 1. The quantitative estimate of drug-likeness (QED) is 0.474. The summed E-state index contributed by atoms with van der Waals surface area (Å²) in [7, 11) is 1.73. The van der Waals surface area contributed by atoms with E-state index >= 15 is 0 Å². The van der Waals surface area contributed by atoms with Crippen LogP contribution in [0.1, 0.15) is 16.1 Å². The first-order valence-corrected chi connectivity index (χ1v) is 6.69. The second kappa shape index (κ2) is 6.69. The normalized spacial score (nSPS) is 10.2. The lowest BCUT2D eigenvalue weighted by Crippen LogP contribution is -2.35. The van der Waals surface area contributed by atoms with Crippen LogP contribution in [0.2, 0.25) is 0 Å². The summed E-state index contributed by atoms with van der Waals surface area (Å²) in [5, 5.41) is 5.71. The van der Waals surface area contributed by atoms with Crippen LogP contribution < -0.4 is 10.6 Å². The summed E-state index contributed by atoms with van der Waals surface area (Å²) >= 11 is 0. The molecule has 6 heteroatoms. The number of hydrogen-bond acceptors (Lipinski definition) is 4. The molecule has 2 N–H and O–H groups in total. The van der Waals surface area contributed by atoms with E-state index in [2.05, 4.69) is 15.6 Å². The molecule has 2 rings (SSSR count). The highest BCUT2D eigenvalue weighted by atomic mass is 16.2. The molecule has 0 unspecified atom stereocenters. The molecule has 0 atom stereocenters. The molecule has 0 fully saturated rings. The van der Waals surface area contributed by atoms with Crippen LogP contribution in [-0.4, -0.2) is 34.3 Å². The Kier molecular flexibility index (Phi) is 4.71. The van der Waals surface area contributed by atoms with E-state index in [0.717, 1.165) is 11.4 Å². The molecule has 0 aliphatic rings.